The van der Waals surface area contributed by atoms with Crippen molar-refractivity contribution in [3.8, 4) is 6.01 Å². The Morgan fingerprint density at radius 3 is 2.57 bits per heavy atom. The van der Waals surface area contributed by atoms with Gasteiger partial charge in [-0.2, -0.15) is 0 Å². The van der Waals surface area contributed by atoms with Crippen molar-refractivity contribution in [3.05, 3.63) is 39.6 Å². The summed E-state index contributed by atoms with van der Waals surface area (Å²) in [4.78, 5) is 20.3. The van der Waals surface area contributed by atoms with Crippen LogP contribution >= 0.6 is 22.9 Å². The molecule has 1 saturated carbocycles. The molecule has 0 aliphatic heterocycles. The molecule has 2 heterocycles. The van der Waals surface area contributed by atoms with Gasteiger partial charge in [0.05, 0.1) is 21.6 Å². The molecule has 8 heteroatoms. The number of halogens is 2. The first-order valence-electron chi connectivity index (χ1n) is 7.30. The lowest BCUT2D eigenvalue weighted by molar-refractivity contribution is 0.0889. The first kappa shape index (κ1) is 16.1. The van der Waals surface area contributed by atoms with Crippen LogP contribution in [0.25, 0.3) is 0 Å². The topological polar surface area (TPSA) is 64.1 Å². The van der Waals surface area contributed by atoms with Crippen molar-refractivity contribution in [1.29, 1.82) is 0 Å². The van der Waals surface area contributed by atoms with Crippen molar-refractivity contribution < 1.29 is 13.9 Å². The average Bonchev–Trinajstić information content (AvgIpc) is 2.98. The highest BCUT2D eigenvalue weighted by molar-refractivity contribution is 7.17. The molecule has 0 atom stereocenters. The molecule has 5 nitrogen and oxygen atoms in total. The quantitative estimate of drug-likeness (QED) is 0.912. The SMILES string of the molecule is O=C(NC1CCC(Oc2ncc(F)cn2)CC1)c1ccc(Cl)s1. The lowest BCUT2D eigenvalue weighted by Crippen LogP contribution is -2.39. The molecule has 1 N–H and O–H groups in total. The number of ether oxygens (including phenoxy) is 1. The maximum absolute atomic E-state index is 12.8. The summed E-state index contributed by atoms with van der Waals surface area (Å²) in [5.74, 6) is -0.578. The summed E-state index contributed by atoms with van der Waals surface area (Å²) >= 11 is 7.11. The summed E-state index contributed by atoms with van der Waals surface area (Å²) in [6.45, 7) is 0. The van der Waals surface area contributed by atoms with E-state index < -0.39 is 5.82 Å². The second kappa shape index (κ2) is 7.23. The number of aromatic nitrogens is 2. The molecule has 1 aliphatic rings. The third kappa shape index (κ3) is 4.39. The minimum absolute atomic E-state index is 0.00945. The van der Waals surface area contributed by atoms with E-state index in [0.29, 0.717) is 9.21 Å². The summed E-state index contributed by atoms with van der Waals surface area (Å²) in [6.07, 6.45) is 5.37. The Morgan fingerprint density at radius 2 is 1.96 bits per heavy atom. The number of hydrogen-bond donors (Lipinski definition) is 1. The van der Waals surface area contributed by atoms with E-state index >= 15 is 0 Å². The number of amides is 1. The zero-order valence-corrected chi connectivity index (χ0v) is 13.7. The first-order chi connectivity index (χ1) is 11.1. The van der Waals surface area contributed by atoms with Crippen molar-refractivity contribution in [1.82, 2.24) is 15.3 Å². The highest BCUT2D eigenvalue weighted by atomic mass is 35.5. The molecule has 0 aromatic carbocycles. The van der Waals surface area contributed by atoms with Crippen LogP contribution in [0.2, 0.25) is 4.34 Å². The normalized spacial score (nSPS) is 21.0. The molecule has 0 unspecified atom stereocenters. The van der Waals surface area contributed by atoms with Gasteiger partial charge in [-0.3, -0.25) is 4.79 Å². The van der Waals surface area contributed by atoms with Gasteiger partial charge < -0.3 is 10.1 Å². The Morgan fingerprint density at radius 1 is 1.26 bits per heavy atom. The van der Waals surface area contributed by atoms with Gasteiger partial charge in [-0.05, 0) is 37.8 Å². The highest BCUT2D eigenvalue weighted by Crippen LogP contribution is 2.24. The minimum Gasteiger partial charge on any atom is -0.460 e. The molecule has 0 bridgehead atoms. The fourth-order valence-corrected chi connectivity index (χ4v) is 3.47. The van der Waals surface area contributed by atoms with Gasteiger partial charge in [-0.15, -0.1) is 11.3 Å². The molecule has 1 amide bonds. The Kier molecular flexibility index (Phi) is 5.07. The molecule has 1 aliphatic carbocycles. The molecule has 0 saturated heterocycles. The van der Waals surface area contributed by atoms with Crippen LogP contribution in [0.3, 0.4) is 0 Å². The van der Waals surface area contributed by atoms with E-state index in [9.17, 15) is 9.18 Å². The summed E-state index contributed by atoms with van der Waals surface area (Å²) < 4.78 is 19.0. The van der Waals surface area contributed by atoms with Crippen LogP contribution in [0.15, 0.2) is 24.5 Å². The minimum atomic E-state index is -0.488. The summed E-state index contributed by atoms with van der Waals surface area (Å²) in [5.41, 5.74) is 0. The number of hydrogen-bond acceptors (Lipinski definition) is 5. The van der Waals surface area contributed by atoms with Gasteiger partial charge >= 0.3 is 6.01 Å². The van der Waals surface area contributed by atoms with E-state index in [4.69, 9.17) is 16.3 Å². The van der Waals surface area contributed by atoms with Crippen molar-refractivity contribution >= 4 is 28.8 Å². The fourth-order valence-electron chi connectivity index (χ4n) is 2.53. The molecule has 1 fully saturated rings. The van der Waals surface area contributed by atoms with Gasteiger partial charge in [0.1, 0.15) is 6.10 Å². The number of rotatable bonds is 4. The van der Waals surface area contributed by atoms with Crippen LogP contribution in [-0.2, 0) is 0 Å². The molecule has 23 heavy (non-hydrogen) atoms. The zero-order chi connectivity index (χ0) is 16.2. The van der Waals surface area contributed by atoms with Crippen LogP contribution in [0, 0.1) is 5.82 Å². The number of nitrogens with one attached hydrogen (secondary N) is 1. The largest absolute Gasteiger partial charge is 0.460 e. The lowest BCUT2D eigenvalue weighted by Gasteiger charge is -2.28. The molecule has 3 rings (SSSR count). The van der Waals surface area contributed by atoms with Gasteiger partial charge in [0.2, 0.25) is 0 Å². The van der Waals surface area contributed by atoms with Crippen LogP contribution in [0.1, 0.15) is 35.4 Å². The van der Waals surface area contributed by atoms with E-state index in [-0.39, 0.29) is 24.1 Å². The van der Waals surface area contributed by atoms with Gasteiger partial charge in [0.15, 0.2) is 5.82 Å². The molecular weight excluding hydrogens is 341 g/mol. The van der Waals surface area contributed by atoms with Gasteiger partial charge in [0, 0.05) is 6.04 Å². The third-order valence-electron chi connectivity index (χ3n) is 3.68. The smallest absolute Gasteiger partial charge is 0.316 e. The van der Waals surface area contributed by atoms with Crippen LogP contribution in [0.4, 0.5) is 4.39 Å². The van der Waals surface area contributed by atoms with Crippen LogP contribution in [-0.4, -0.2) is 28.0 Å². The second-order valence-corrected chi connectivity index (χ2v) is 7.07. The van der Waals surface area contributed by atoms with E-state index in [0.717, 1.165) is 38.1 Å². The second-order valence-electron chi connectivity index (χ2n) is 5.35. The van der Waals surface area contributed by atoms with Crippen molar-refractivity contribution in [2.24, 2.45) is 0 Å². The summed E-state index contributed by atoms with van der Waals surface area (Å²) in [6, 6.07) is 3.75. The molecule has 2 aromatic rings. The third-order valence-corrected chi connectivity index (χ3v) is 4.91. The Bertz CT molecular complexity index is 672. The standard InChI is InChI=1S/C15H15ClFN3O2S/c16-13-6-5-12(23-13)14(21)20-10-1-3-11(4-2-10)22-15-18-7-9(17)8-19-15/h5-8,10-11H,1-4H2,(H,20,21). The average molecular weight is 356 g/mol. The van der Waals surface area contributed by atoms with E-state index in [2.05, 4.69) is 15.3 Å². The van der Waals surface area contributed by atoms with E-state index in [1.54, 1.807) is 12.1 Å². The van der Waals surface area contributed by atoms with Gasteiger partial charge in [-0.25, -0.2) is 14.4 Å². The van der Waals surface area contributed by atoms with Gasteiger partial charge in [-0.1, -0.05) is 11.6 Å². The monoisotopic (exact) mass is 355 g/mol. The van der Waals surface area contributed by atoms with E-state index in [1.165, 1.54) is 11.3 Å². The molecule has 0 spiro atoms. The predicted molar refractivity (Wildman–Crippen MR) is 85.5 cm³/mol. The number of thiophene rings is 1. The number of carbonyl (C=O) groups excluding carboxylic acids is 1. The maximum atomic E-state index is 12.8. The zero-order valence-electron chi connectivity index (χ0n) is 12.2. The summed E-state index contributed by atoms with van der Waals surface area (Å²) in [7, 11) is 0. The fraction of sp³-hybridized carbons (Fsp3) is 0.400. The van der Waals surface area contributed by atoms with Crippen molar-refractivity contribution in [2.45, 2.75) is 37.8 Å². The predicted octanol–water partition coefficient (Wildman–Crippen LogP) is 3.45. The Labute approximate surface area is 141 Å². The lowest BCUT2D eigenvalue weighted by atomic mass is 9.93. The Balaban J connectivity index is 1.46. The molecule has 0 radical (unpaired) electrons. The summed E-state index contributed by atoms with van der Waals surface area (Å²) in [5, 5.41) is 3.02. The Hall–Kier alpha value is -1.73. The first-order valence-corrected chi connectivity index (χ1v) is 8.50. The van der Waals surface area contributed by atoms with Crippen molar-refractivity contribution in [3.63, 3.8) is 0 Å². The maximum Gasteiger partial charge on any atom is 0.316 e. The van der Waals surface area contributed by atoms with Gasteiger partial charge in [0.25, 0.3) is 5.91 Å². The molecule has 2 aromatic heterocycles. The van der Waals surface area contributed by atoms with Crippen LogP contribution in [0.5, 0.6) is 6.01 Å². The number of nitrogens with zero attached hydrogens (tertiary/aromatic N) is 2. The van der Waals surface area contributed by atoms with Crippen LogP contribution < -0.4 is 10.1 Å². The molecule has 122 valence electrons. The van der Waals surface area contributed by atoms with Crippen molar-refractivity contribution in [2.75, 3.05) is 0 Å². The highest BCUT2D eigenvalue weighted by Gasteiger charge is 2.24. The number of carbonyl (C=O) groups is 1. The van der Waals surface area contributed by atoms with E-state index in [1.807, 2.05) is 0 Å². The molecular formula is C15H15ClFN3O2S.